The van der Waals surface area contributed by atoms with Gasteiger partial charge in [-0.25, -0.2) is 4.39 Å². The average Bonchev–Trinajstić information content (AvgIpc) is 3.68. The second-order valence-corrected chi connectivity index (χ2v) is 11.4. The van der Waals surface area contributed by atoms with Crippen molar-refractivity contribution in [3.8, 4) is 5.75 Å². The molecule has 2 saturated heterocycles. The summed E-state index contributed by atoms with van der Waals surface area (Å²) < 4.78 is 65.5. The second kappa shape index (κ2) is 9.96. The van der Waals surface area contributed by atoms with Crippen molar-refractivity contribution in [2.75, 3.05) is 31.7 Å². The van der Waals surface area contributed by atoms with Gasteiger partial charge in [-0.2, -0.15) is 13.2 Å². The molecule has 2 unspecified atom stereocenters. The van der Waals surface area contributed by atoms with Crippen LogP contribution in [0.25, 0.3) is 0 Å². The molecule has 6 nitrogen and oxygen atoms in total. The van der Waals surface area contributed by atoms with Crippen LogP contribution in [-0.4, -0.2) is 59.8 Å². The molecule has 0 aromatic heterocycles. The van der Waals surface area contributed by atoms with Crippen molar-refractivity contribution in [2.24, 2.45) is 5.92 Å². The molecule has 39 heavy (non-hydrogen) atoms. The third-order valence-corrected chi connectivity index (χ3v) is 8.66. The van der Waals surface area contributed by atoms with E-state index in [-0.39, 0.29) is 43.0 Å². The SMILES string of the molecule is Cc1cc(NC2CCN(C3CC[C@@](C(=O)N4COc5ccc(C(F)(F)F)cc5C4)(C4CC4)OC3)C2)ccc1F. The molecule has 6 rings (SSSR count). The molecule has 2 aromatic rings. The van der Waals surface area contributed by atoms with Gasteiger partial charge in [-0.05, 0) is 86.9 Å². The molecule has 0 spiro atoms. The summed E-state index contributed by atoms with van der Waals surface area (Å²) in [5.74, 6) is 0.112. The first-order valence-corrected chi connectivity index (χ1v) is 13.7. The predicted octanol–water partition coefficient (Wildman–Crippen LogP) is 5.35. The lowest BCUT2D eigenvalue weighted by atomic mass is 9.85. The minimum Gasteiger partial charge on any atom is -0.473 e. The average molecular weight is 548 g/mol. The van der Waals surface area contributed by atoms with Crippen LogP contribution in [0.1, 0.15) is 48.8 Å². The fraction of sp³-hybridized carbons (Fsp3) is 0.552. The summed E-state index contributed by atoms with van der Waals surface area (Å²) in [5, 5.41) is 3.51. The largest absolute Gasteiger partial charge is 0.473 e. The summed E-state index contributed by atoms with van der Waals surface area (Å²) in [6.45, 7) is 4.01. The highest BCUT2D eigenvalue weighted by atomic mass is 19.4. The van der Waals surface area contributed by atoms with Gasteiger partial charge in [-0.3, -0.25) is 9.69 Å². The lowest BCUT2D eigenvalue weighted by Gasteiger charge is -2.44. The van der Waals surface area contributed by atoms with Crippen LogP contribution in [0.2, 0.25) is 0 Å². The molecule has 0 radical (unpaired) electrons. The number of alkyl halides is 3. The van der Waals surface area contributed by atoms with E-state index in [4.69, 9.17) is 9.47 Å². The summed E-state index contributed by atoms with van der Waals surface area (Å²) in [6, 6.07) is 8.91. The Kier molecular flexibility index (Phi) is 6.74. The molecule has 0 bridgehead atoms. The molecule has 4 aliphatic rings. The van der Waals surface area contributed by atoms with E-state index < -0.39 is 17.3 Å². The van der Waals surface area contributed by atoms with Crippen LogP contribution < -0.4 is 10.1 Å². The Hall–Kier alpha value is -2.85. The van der Waals surface area contributed by atoms with Gasteiger partial charge in [0, 0.05) is 36.4 Å². The Balaban J connectivity index is 1.09. The second-order valence-electron chi connectivity index (χ2n) is 11.4. The van der Waals surface area contributed by atoms with E-state index in [1.54, 1.807) is 13.0 Å². The van der Waals surface area contributed by atoms with E-state index in [1.165, 1.54) is 17.0 Å². The van der Waals surface area contributed by atoms with Crippen LogP contribution in [0.4, 0.5) is 23.2 Å². The number of amides is 1. The van der Waals surface area contributed by atoms with Gasteiger partial charge in [0.2, 0.25) is 0 Å². The van der Waals surface area contributed by atoms with Gasteiger partial charge in [-0.15, -0.1) is 0 Å². The van der Waals surface area contributed by atoms with Crippen LogP contribution in [0.3, 0.4) is 0 Å². The molecule has 3 atom stereocenters. The summed E-state index contributed by atoms with van der Waals surface area (Å²) in [4.78, 5) is 17.7. The number of aryl methyl sites for hydroxylation is 1. The topological polar surface area (TPSA) is 54.0 Å². The number of benzene rings is 2. The van der Waals surface area contributed by atoms with Crippen LogP contribution in [0.5, 0.6) is 5.75 Å². The zero-order valence-corrected chi connectivity index (χ0v) is 21.9. The Labute approximate surface area is 225 Å². The number of fused-ring (bicyclic) bond motifs is 1. The smallest absolute Gasteiger partial charge is 0.416 e. The summed E-state index contributed by atoms with van der Waals surface area (Å²) >= 11 is 0. The molecule has 3 heterocycles. The van der Waals surface area contributed by atoms with Gasteiger partial charge in [0.15, 0.2) is 6.73 Å². The number of ether oxygens (including phenoxy) is 2. The van der Waals surface area contributed by atoms with E-state index in [2.05, 4.69) is 10.2 Å². The quantitative estimate of drug-likeness (QED) is 0.512. The molecular formula is C29H33F4N3O3. The standard InChI is InChI=1S/C29H33F4N3O3/c1-18-12-22(5-6-25(18)30)34-23-9-11-35(15-23)24-8-10-28(39-16-24,20-2-3-20)27(37)36-14-19-13-21(29(31,32)33)4-7-26(19)38-17-36/h4-7,12-13,20,23-24,34H,2-3,8-11,14-17H2,1H3/t23?,24?,28-/m0/s1. The molecule has 2 aromatic carbocycles. The maximum absolute atomic E-state index is 13.8. The fourth-order valence-electron chi connectivity index (χ4n) is 6.31. The van der Waals surface area contributed by atoms with E-state index in [0.29, 0.717) is 29.9 Å². The number of halogens is 4. The van der Waals surface area contributed by atoms with Gasteiger partial charge in [0.05, 0.1) is 18.7 Å². The van der Waals surface area contributed by atoms with E-state index in [9.17, 15) is 22.4 Å². The van der Waals surface area contributed by atoms with Crippen molar-refractivity contribution in [2.45, 2.75) is 69.4 Å². The van der Waals surface area contributed by atoms with Crippen LogP contribution in [-0.2, 0) is 22.3 Å². The van der Waals surface area contributed by atoms with Crippen molar-refractivity contribution in [1.29, 1.82) is 0 Å². The van der Waals surface area contributed by atoms with Gasteiger partial charge < -0.3 is 19.7 Å². The Morgan fingerprint density at radius 1 is 1.10 bits per heavy atom. The number of carbonyl (C=O) groups is 1. The summed E-state index contributed by atoms with van der Waals surface area (Å²) in [6.07, 6.45) is -0.281. The Morgan fingerprint density at radius 2 is 1.92 bits per heavy atom. The molecule has 210 valence electrons. The molecule has 10 heteroatoms. The number of nitrogens with one attached hydrogen (secondary N) is 1. The number of anilines is 1. The van der Waals surface area contributed by atoms with E-state index >= 15 is 0 Å². The van der Waals surface area contributed by atoms with Crippen LogP contribution in [0, 0.1) is 18.7 Å². The zero-order valence-electron chi connectivity index (χ0n) is 21.9. The van der Waals surface area contributed by atoms with Gasteiger partial charge >= 0.3 is 6.18 Å². The number of hydrogen-bond acceptors (Lipinski definition) is 5. The Morgan fingerprint density at radius 3 is 2.62 bits per heavy atom. The number of nitrogens with zero attached hydrogens (tertiary/aromatic N) is 2. The molecule has 3 fully saturated rings. The first-order chi connectivity index (χ1) is 18.6. The maximum Gasteiger partial charge on any atom is 0.416 e. The Bertz CT molecular complexity index is 1240. The van der Waals surface area contributed by atoms with Crippen molar-refractivity contribution in [3.63, 3.8) is 0 Å². The van der Waals surface area contributed by atoms with Crippen molar-refractivity contribution < 1.29 is 31.8 Å². The van der Waals surface area contributed by atoms with Crippen molar-refractivity contribution >= 4 is 11.6 Å². The minimum absolute atomic E-state index is 0.000784. The maximum atomic E-state index is 13.8. The predicted molar refractivity (Wildman–Crippen MR) is 137 cm³/mol. The lowest BCUT2D eigenvalue weighted by Crippen LogP contribution is -2.58. The molecule has 3 aliphatic heterocycles. The highest BCUT2D eigenvalue weighted by Gasteiger charge is 2.56. The van der Waals surface area contributed by atoms with Crippen LogP contribution >= 0.6 is 0 Å². The third-order valence-electron chi connectivity index (χ3n) is 8.66. The molecule has 1 amide bonds. The fourth-order valence-corrected chi connectivity index (χ4v) is 6.31. The minimum atomic E-state index is -4.46. The summed E-state index contributed by atoms with van der Waals surface area (Å²) in [7, 11) is 0. The lowest BCUT2D eigenvalue weighted by molar-refractivity contribution is -0.179. The van der Waals surface area contributed by atoms with E-state index in [0.717, 1.165) is 56.6 Å². The highest BCUT2D eigenvalue weighted by molar-refractivity contribution is 5.86. The molecule has 1 aliphatic carbocycles. The highest BCUT2D eigenvalue weighted by Crippen LogP contribution is 2.48. The first-order valence-electron chi connectivity index (χ1n) is 13.7. The van der Waals surface area contributed by atoms with Gasteiger partial charge in [-0.1, -0.05) is 0 Å². The summed E-state index contributed by atoms with van der Waals surface area (Å²) in [5.41, 5.74) is 0.186. The monoisotopic (exact) mass is 547 g/mol. The van der Waals surface area contributed by atoms with Crippen molar-refractivity contribution in [1.82, 2.24) is 9.80 Å². The number of hydrogen-bond donors (Lipinski definition) is 1. The van der Waals surface area contributed by atoms with Gasteiger partial charge in [0.25, 0.3) is 5.91 Å². The number of rotatable bonds is 5. The van der Waals surface area contributed by atoms with Gasteiger partial charge in [0.1, 0.15) is 17.2 Å². The zero-order chi connectivity index (χ0) is 27.4. The molecule has 1 N–H and O–H groups in total. The third kappa shape index (κ3) is 5.20. The van der Waals surface area contributed by atoms with E-state index in [1.807, 2.05) is 6.07 Å². The number of likely N-dealkylation sites (tertiary alicyclic amines) is 1. The van der Waals surface area contributed by atoms with Crippen LogP contribution in [0.15, 0.2) is 36.4 Å². The first kappa shape index (κ1) is 26.4. The normalized spacial score (nSPS) is 27.7. The molecular weight excluding hydrogens is 514 g/mol. The molecule has 1 saturated carbocycles. The number of carbonyl (C=O) groups excluding carboxylic acids is 1. The van der Waals surface area contributed by atoms with Crippen molar-refractivity contribution in [3.05, 3.63) is 58.9 Å².